The molecule has 2 aromatic rings. The topological polar surface area (TPSA) is 116 Å². The predicted molar refractivity (Wildman–Crippen MR) is 136 cm³/mol. The first-order valence-electron chi connectivity index (χ1n) is 12.0. The summed E-state index contributed by atoms with van der Waals surface area (Å²) in [6, 6.07) is 16.4. The van der Waals surface area contributed by atoms with Crippen LogP contribution >= 0.6 is 0 Å². The van der Waals surface area contributed by atoms with Crippen molar-refractivity contribution in [2.24, 2.45) is 5.73 Å². The lowest BCUT2D eigenvalue weighted by Gasteiger charge is -2.41. The number of hydrogen-bond donors (Lipinski definition) is 5. The number of unbranched alkanes of at least 4 members (excludes halogenated alkanes) is 1. The molecule has 0 aliphatic carbocycles. The van der Waals surface area contributed by atoms with E-state index < -0.39 is 23.7 Å². The number of aldehydes is 1. The maximum absolute atomic E-state index is 12.9. The zero-order valence-corrected chi connectivity index (χ0v) is 20.8. The Labute approximate surface area is 203 Å². The summed E-state index contributed by atoms with van der Waals surface area (Å²) in [6.07, 6.45) is 1.99. The third-order valence-electron chi connectivity index (χ3n) is 5.81. The average molecular weight is 469 g/mol. The molecule has 186 valence electrons. The van der Waals surface area contributed by atoms with Crippen LogP contribution in [0.15, 0.2) is 60.7 Å². The highest BCUT2D eigenvalue weighted by Gasteiger charge is 2.45. The van der Waals surface area contributed by atoms with Gasteiger partial charge in [0.15, 0.2) is 0 Å². The van der Waals surface area contributed by atoms with Crippen molar-refractivity contribution < 1.29 is 14.7 Å². The molecule has 4 atom stereocenters. The van der Waals surface area contributed by atoms with Gasteiger partial charge in [0.05, 0.1) is 12.1 Å². The van der Waals surface area contributed by atoms with Crippen molar-refractivity contribution in [3.63, 3.8) is 0 Å². The van der Waals surface area contributed by atoms with Crippen molar-refractivity contribution in [1.29, 1.82) is 0 Å². The quantitative estimate of drug-likeness (QED) is 0.307. The normalized spacial score (nSPS) is 16.1. The summed E-state index contributed by atoms with van der Waals surface area (Å²) in [6.45, 7) is 8.43. The van der Waals surface area contributed by atoms with Crippen LogP contribution in [0, 0.1) is 0 Å². The number of carbonyl (C=O) groups is 2. The number of aliphatic hydroxyl groups excluding tert-OH is 1. The van der Waals surface area contributed by atoms with Gasteiger partial charge in [-0.15, -0.1) is 0 Å². The fourth-order valence-corrected chi connectivity index (χ4v) is 4.05. The first-order valence-corrected chi connectivity index (χ1v) is 12.0. The van der Waals surface area contributed by atoms with Crippen LogP contribution in [0.5, 0.6) is 0 Å². The second-order valence-corrected chi connectivity index (χ2v) is 9.84. The number of nitrogens with two attached hydrogens (primary N) is 1. The van der Waals surface area contributed by atoms with E-state index >= 15 is 0 Å². The first-order chi connectivity index (χ1) is 16.1. The van der Waals surface area contributed by atoms with Gasteiger partial charge in [-0.2, -0.15) is 0 Å². The van der Waals surface area contributed by atoms with Crippen LogP contribution in [-0.2, 0) is 16.9 Å². The van der Waals surface area contributed by atoms with E-state index in [1.165, 1.54) is 0 Å². The highest BCUT2D eigenvalue weighted by Crippen LogP contribution is 2.26. The molecule has 0 aliphatic rings. The summed E-state index contributed by atoms with van der Waals surface area (Å²) in [5.41, 5.74) is 6.18. The molecule has 0 spiro atoms. The molecule has 2 rings (SSSR count). The number of amides is 2. The van der Waals surface area contributed by atoms with Gasteiger partial charge in [-0.05, 0) is 38.3 Å². The molecule has 7 nitrogen and oxygen atoms in total. The van der Waals surface area contributed by atoms with Crippen molar-refractivity contribution >= 4 is 12.3 Å². The average Bonchev–Trinajstić information content (AvgIpc) is 2.83. The zero-order chi connectivity index (χ0) is 25.2. The van der Waals surface area contributed by atoms with E-state index in [1.54, 1.807) is 24.3 Å². The number of carbonyl (C=O) groups excluding carboxylic acids is 2. The molecule has 0 radical (unpaired) electrons. The Morgan fingerprint density at radius 3 is 2.18 bits per heavy atom. The van der Waals surface area contributed by atoms with Crippen molar-refractivity contribution in [3.05, 3.63) is 71.8 Å². The molecule has 0 aliphatic heterocycles. The van der Waals surface area contributed by atoms with Gasteiger partial charge in [-0.3, -0.25) is 0 Å². The third-order valence-corrected chi connectivity index (χ3v) is 5.81. The summed E-state index contributed by atoms with van der Waals surface area (Å²) in [7, 11) is 0. The van der Waals surface area contributed by atoms with E-state index in [1.807, 2.05) is 57.2 Å². The molecule has 0 fully saturated rings. The Balaban J connectivity index is 2.36. The molecule has 0 bridgehead atoms. The summed E-state index contributed by atoms with van der Waals surface area (Å²) in [5.74, 6) is 0. The minimum atomic E-state index is -1.63. The van der Waals surface area contributed by atoms with Crippen LogP contribution < -0.4 is 21.7 Å². The van der Waals surface area contributed by atoms with Gasteiger partial charge in [0, 0.05) is 18.1 Å². The summed E-state index contributed by atoms with van der Waals surface area (Å²) >= 11 is 0. The number of benzene rings is 2. The Morgan fingerprint density at radius 2 is 1.65 bits per heavy atom. The Bertz CT molecular complexity index is 886. The fraction of sp³-hybridized carbons (Fsp3) is 0.481. The van der Waals surface area contributed by atoms with Crippen LogP contribution in [0.3, 0.4) is 0 Å². The van der Waals surface area contributed by atoms with E-state index in [9.17, 15) is 14.7 Å². The zero-order valence-electron chi connectivity index (χ0n) is 20.8. The van der Waals surface area contributed by atoms with Gasteiger partial charge >= 0.3 is 6.03 Å². The maximum Gasteiger partial charge on any atom is 0.315 e. The molecule has 2 amide bonds. The lowest BCUT2D eigenvalue weighted by atomic mass is 9.79. The lowest BCUT2D eigenvalue weighted by Crippen LogP contribution is -2.67. The maximum atomic E-state index is 12.9. The summed E-state index contributed by atoms with van der Waals surface area (Å²) in [4.78, 5) is 25.3. The van der Waals surface area contributed by atoms with E-state index in [0.717, 1.165) is 18.4 Å². The van der Waals surface area contributed by atoms with Crippen LogP contribution in [0.25, 0.3) is 0 Å². The van der Waals surface area contributed by atoms with Gasteiger partial charge in [0.1, 0.15) is 11.8 Å². The monoisotopic (exact) mass is 468 g/mol. The molecule has 34 heavy (non-hydrogen) atoms. The van der Waals surface area contributed by atoms with Crippen molar-refractivity contribution in [3.8, 4) is 0 Å². The fourth-order valence-electron chi connectivity index (χ4n) is 4.05. The summed E-state index contributed by atoms with van der Waals surface area (Å²) < 4.78 is 0. The van der Waals surface area contributed by atoms with Crippen molar-refractivity contribution in [2.45, 2.75) is 82.8 Å². The van der Waals surface area contributed by atoms with E-state index in [2.05, 4.69) is 22.9 Å². The molecule has 0 saturated carbocycles. The van der Waals surface area contributed by atoms with E-state index in [4.69, 9.17) is 5.73 Å². The number of nitrogens with one attached hydrogen (secondary N) is 3. The van der Waals surface area contributed by atoms with Gasteiger partial charge in [0.2, 0.25) is 0 Å². The summed E-state index contributed by atoms with van der Waals surface area (Å²) in [5, 5.41) is 20.7. The highest BCUT2D eigenvalue weighted by atomic mass is 16.3. The van der Waals surface area contributed by atoms with Gasteiger partial charge in [-0.1, -0.05) is 80.4 Å². The number of hydrogen-bond acceptors (Lipinski definition) is 5. The molecule has 0 aromatic heterocycles. The minimum Gasteiger partial charge on any atom is -0.389 e. The van der Waals surface area contributed by atoms with Gasteiger partial charge in [-0.25, -0.2) is 4.79 Å². The second kappa shape index (κ2) is 12.6. The van der Waals surface area contributed by atoms with Crippen LogP contribution in [0.4, 0.5) is 4.79 Å². The predicted octanol–water partition coefficient (Wildman–Crippen LogP) is 3.22. The second-order valence-electron chi connectivity index (χ2n) is 9.84. The standard InChI is InChI=1S/C27H40N4O3/c1-5-6-17-22(31-26(2,3)4)23(33)24(27(28,19-32)21-15-11-8-12-16-21)30-25(34)29-18-20-13-9-7-10-14-20/h7-16,19,22-24,31,33H,5-6,17-18,28H2,1-4H3,(H2,29,30,34). The van der Waals surface area contributed by atoms with Gasteiger partial charge < -0.3 is 31.6 Å². The number of aliphatic hydroxyl groups is 1. The number of urea groups is 1. The van der Waals surface area contributed by atoms with Crippen LogP contribution in [0.2, 0.25) is 0 Å². The Morgan fingerprint density at radius 1 is 1.06 bits per heavy atom. The molecule has 6 N–H and O–H groups in total. The van der Waals surface area contributed by atoms with Crippen molar-refractivity contribution in [1.82, 2.24) is 16.0 Å². The van der Waals surface area contributed by atoms with E-state index in [-0.39, 0.29) is 11.6 Å². The molecule has 4 unspecified atom stereocenters. The highest BCUT2D eigenvalue weighted by molar-refractivity contribution is 5.77. The minimum absolute atomic E-state index is 0.287. The molecule has 7 heteroatoms. The third kappa shape index (κ3) is 7.94. The molecule has 2 aromatic carbocycles. The smallest absolute Gasteiger partial charge is 0.315 e. The molecular formula is C27H40N4O3. The van der Waals surface area contributed by atoms with E-state index in [0.29, 0.717) is 24.8 Å². The SMILES string of the molecule is CCCCC(NC(C)(C)C)C(O)C(NC(=O)NCc1ccccc1)C(N)(C=O)c1ccccc1. The van der Waals surface area contributed by atoms with Gasteiger partial charge in [0.25, 0.3) is 0 Å². The first kappa shape index (κ1) is 27.5. The van der Waals surface area contributed by atoms with Crippen LogP contribution in [0.1, 0.15) is 58.1 Å². The van der Waals surface area contributed by atoms with Crippen molar-refractivity contribution in [2.75, 3.05) is 0 Å². The number of rotatable bonds is 12. The molecular weight excluding hydrogens is 428 g/mol. The largest absolute Gasteiger partial charge is 0.389 e. The Kier molecular flexibility index (Phi) is 10.2. The molecule has 0 heterocycles. The Hall–Kier alpha value is -2.74. The lowest BCUT2D eigenvalue weighted by molar-refractivity contribution is -0.115. The van der Waals surface area contributed by atoms with Crippen LogP contribution in [-0.4, -0.2) is 41.2 Å². The molecule has 0 saturated heterocycles.